The van der Waals surface area contributed by atoms with Gasteiger partial charge in [-0.25, -0.2) is 4.39 Å². The number of nitrogens with zero attached hydrogens (tertiary/aromatic N) is 1. The number of anilines is 1. The summed E-state index contributed by atoms with van der Waals surface area (Å²) in [6, 6.07) is 2.42. The molecule has 0 amide bonds. The molecule has 1 saturated heterocycles. The summed E-state index contributed by atoms with van der Waals surface area (Å²) in [5.74, 6) is -0.848. The molecule has 23 heavy (non-hydrogen) atoms. The lowest BCUT2D eigenvalue weighted by atomic mass is 10.1. The van der Waals surface area contributed by atoms with Crippen molar-refractivity contribution in [2.24, 2.45) is 0 Å². The van der Waals surface area contributed by atoms with E-state index in [2.05, 4.69) is 10.1 Å². The van der Waals surface area contributed by atoms with Crippen LogP contribution in [0.15, 0.2) is 12.1 Å². The maximum Gasteiger partial charge on any atom is 0.387 e. The Morgan fingerprint density at radius 2 is 2.26 bits per heavy atom. The normalized spacial score (nSPS) is 23.8. The van der Waals surface area contributed by atoms with E-state index in [0.717, 1.165) is 12.6 Å². The second kappa shape index (κ2) is 6.84. The van der Waals surface area contributed by atoms with Crippen molar-refractivity contribution in [2.75, 3.05) is 38.3 Å². The average molecular weight is 332 g/mol. The molecule has 2 atom stereocenters. The van der Waals surface area contributed by atoms with Crippen LogP contribution in [-0.2, 0) is 4.74 Å². The van der Waals surface area contributed by atoms with Gasteiger partial charge in [-0.1, -0.05) is 0 Å². The lowest BCUT2D eigenvalue weighted by Gasteiger charge is -2.37. The fourth-order valence-corrected chi connectivity index (χ4v) is 3.15. The number of methoxy groups -OCH3 is 1. The van der Waals surface area contributed by atoms with Gasteiger partial charge >= 0.3 is 6.61 Å². The van der Waals surface area contributed by atoms with Crippen molar-refractivity contribution in [1.29, 1.82) is 0 Å². The predicted octanol–water partition coefficient (Wildman–Crippen LogP) is 2.00. The van der Waals surface area contributed by atoms with Crippen LogP contribution in [0, 0.1) is 5.82 Å². The number of hydrogen-bond acceptors (Lipinski definition) is 5. The van der Waals surface area contributed by atoms with Crippen molar-refractivity contribution >= 4 is 5.69 Å². The van der Waals surface area contributed by atoms with Gasteiger partial charge in [0.25, 0.3) is 0 Å². The molecule has 0 spiro atoms. The standard InChI is InChI=1S/C15H19F3N2O3/c1-21-8-11-4-9-7-19-2-3-20(9)13-6-10(23-15(17)18)5-12(16)14(13)22-11/h5-6,9,11,15,19H,2-4,7-8H2,1H3/t9-,11+/m1/s1. The van der Waals surface area contributed by atoms with Crippen LogP contribution in [-0.4, -0.2) is 52.1 Å². The average Bonchev–Trinajstić information content (AvgIpc) is 2.64. The summed E-state index contributed by atoms with van der Waals surface area (Å²) >= 11 is 0. The minimum Gasteiger partial charge on any atom is -0.483 e. The molecule has 8 heteroatoms. The van der Waals surface area contributed by atoms with Crippen LogP contribution in [0.3, 0.4) is 0 Å². The Hall–Kier alpha value is -1.67. The van der Waals surface area contributed by atoms with E-state index in [4.69, 9.17) is 9.47 Å². The molecule has 1 N–H and O–H groups in total. The summed E-state index contributed by atoms with van der Waals surface area (Å²) in [5, 5.41) is 3.28. The van der Waals surface area contributed by atoms with Crippen LogP contribution in [0.4, 0.5) is 18.9 Å². The van der Waals surface area contributed by atoms with Crippen LogP contribution in [0.1, 0.15) is 6.42 Å². The van der Waals surface area contributed by atoms with Gasteiger partial charge in [0.15, 0.2) is 11.6 Å². The van der Waals surface area contributed by atoms with Crippen LogP contribution >= 0.6 is 0 Å². The molecule has 0 aromatic heterocycles. The Labute approximate surface area is 132 Å². The Bertz CT molecular complexity index is 559. The van der Waals surface area contributed by atoms with Gasteiger partial charge in [-0.2, -0.15) is 8.78 Å². The molecule has 1 aromatic rings. The fourth-order valence-electron chi connectivity index (χ4n) is 3.15. The fraction of sp³-hybridized carbons (Fsp3) is 0.600. The highest BCUT2D eigenvalue weighted by atomic mass is 19.3. The first-order valence-corrected chi connectivity index (χ1v) is 7.49. The lowest BCUT2D eigenvalue weighted by molar-refractivity contribution is -0.0500. The molecule has 0 unspecified atom stereocenters. The van der Waals surface area contributed by atoms with Gasteiger partial charge in [-0.05, 0) is 0 Å². The zero-order chi connectivity index (χ0) is 16.4. The molecule has 2 aliphatic rings. The van der Waals surface area contributed by atoms with Gasteiger partial charge < -0.3 is 24.4 Å². The number of hydrogen-bond donors (Lipinski definition) is 1. The zero-order valence-corrected chi connectivity index (χ0v) is 12.7. The van der Waals surface area contributed by atoms with Crippen molar-refractivity contribution in [1.82, 2.24) is 5.32 Å². The van der Waals surface area contributed by atoms with E-state index < -0.39 is 12.4 Å². The SMILES string of the molecule is COC[C@@H]1C[C@@H]2CNCCN2c2cc(OC(F)F)cc(F)c2O1. The molecular formula is C15H19F3N2O3. The minimum absolute atomic E-state index is 0.0677. The van der Waals surface area contributed by atoms with Gasteiger partial charge in [0.05, 0.1) is 12.3 Å². The highest BCUT2D eigenvalue weighted by molar-refractivity contribution is 5.64. The van der Waals surface area contributed by atoms with E-state index in [0.29, 0.717) is 31.8 Å². The number of nitrogens with one attached hydrogen (secondary N) is 1. The van der Waals surface area contributed by atoms with Gasteiger partial charge in [0.2, 0.25) is 0 Å². The van der Waals surface area contributed by atoms with Crippen LogP contribution in [0.25, 0.3) is 0 Å². The number of piperazine rings is 1. The Balaban J connectivity index is 2.00. The van der Waals surface area contributed by atoms with Crippen molar-refractivity contribution in [3.05, 3.63) is 17.9 Å². The highest BCUT2D eigenvalue weighted by Gasteiger charge is 2.34. The first-order chi connectivity index (χ1) is 11.1. The summed E-state index contributed by atoms with van der Waals surface area (Å²) in [6.45, 7) is -0.590. The minimum atomic E-state index is -3.00. The summed E-state index contributed by atoms with van der Waals surface area (Å²) < 4.78 is 54.6. The number of halogens is 3. The number of ether oxygens (including phenoxy) is 3. The van der Waals surface area contributed by atoms with Crippen molar-refractivity contribution in [3.63, 3.8) is 0 Å². The number of alkyl halides is 2. The van der Waals surface area contributed by atoms with E-state index in [1.807, 2.05) is 4.90 Å². The molecule has 2 aliphatic heterocycles. The lowest BCUT2D eigenvalue weighted by Crippen LogP contribution is -2.52. The molecule has 0 saturated carbocycles. The summed E-state index contributed by atoms with van der Waals surface area (Å²) in [6.07, 6.45) is 0.352. The van der Waals surface area contributed by atoms with Crippen LogP contribution in [0.5, 0.6) is 11.5 Å². The van der Waals surface area contributed by atoms with Crippen LogP contribution in [0.2, 0.25) is 0 Å². The molecule has 0 bridgehead atoms. The van der Waals surface area contributed by atoms with E-state index in [-0.39, 0.29) is 23.6 Å². The molecule has 0 radical (unpaired) electrons. The number of rotatable bonds is 4. The molecule has 128 valence electrons. The van der Waals surface area contributed by atoms with E-state index >= 15 is 0 Å². The maximum absolute atomic E-state index is 14.4. The van der Waals surface area contributed by atoms with E-state index in [1.54, 1.807) is 7.11 Å². The molecule has 2 heterocycles. The zero-order valence-electron chi connectivity index (χ0n) is 12.7. The van der Waals surface area contributed by atoms with Crippen molar-refractivity contribution < 1.29 is 27.4 Å². The first-order valence-electron chi connectivity index (χ1n) is 7.49. The second-order valence-electron chi connectivity index (χ2n) is 5.61. The van der Waals surface area contributed by atoms with E-state index in [1.165, 1.54) is 6.07 Å². The topological polar surface area (TPSA) is 43.0 Å². The molecule has 1 fully saturated rings. The Kier molecular flexibility index (Phi) is 4.82. The third-order valence-electron chi connectivity index (χ3n) is 4.05. The molecule has 1 aromatic carbocycles. The summed E-state index contributed by atoms with van der Waals surface area (Å²) in [7, 11) is 1.56. The molecular weight excluding hydrogens is 313 g/mol. The highest BCUT2D eigenvalue weighted by Crippen LogP contribution is 2.40. The smallest absolute Gasteiger partial charge is 0.387 e. The monoisotopic (exact) mass is 332 g/mol. The molecule has 0 aliphatic carbocycles. The maximum atomic E-state index is 14.4. The third-order valence-corrected chi connectivity index (χ3v) is 4.05. The Morgan fingerprint density at radius 3 is 3.00 bits per heavy atom. The number of fused-ring (bicyclic) bond motifs is 3. The van der Waals surface area contributed by atoms with Crippen molar-refractivity contribution in [3.8, 4) is 11.5 Å². The summed E-state index contributed by atoms with van der Waals surface area (Å²) in [5.41, 5.74) is 0.450. The largest absolute Gasteiger partial charge is 0.483 e. The first kappa shape index (κ1) is 16.2. The van der Waals surface area contributed by atoms with Crippen LogP contribution < -0.4 is 19.7 Å². The molecule has 3 rings (SSSR count). The summed E-state index contributed by atoms with van der Waals surface area (Å²) in [4.78, 5) is 1.99. The third kappa shape index (κ3) is 3.48. The second-order valence-corrected chi connectivity index (χ2v) is 5.61. The Morgan fingerprint density at radius 1 is 1.43 bits per heavy atom. The molecule has 5 nitrogen and oxygen atoms in total. The van der Waals surface area contributed by atoms with Gasteiger partial charge in [-0.3, -0.25) is 0 Å². The predicted molar refractivity (Wildman–Crippen MR) is 77.9 cm³/mol. The quantitative estimate of drug-likeness (QED) is 0.914. The van der Waals surface area contributed by atoms with Gasteiger partial charge in [0.1, 0.15) is 11.9 Å². The van der Waals surface area contributed by atoms with Gasteiger partial charge in [-0.15, -0.1) is 0 Å². The number of benzene rings is 1. The van der Waals surface area contributed by atoms with Crippen molar-refractivity contribution in [2.45, 2.75) is 25.2 Å². The van der Waals surface area contributed by atoms with Gasteiger partial charge in [0, 0.05) is 51.3 Å². The van der Waals surface area contributed by atoms with E-state index in [9.17, 15) is 13.2 Å².